The Hall–Kier alpha value is -1.06. The quantitative estimate of drug-likeness (QED) is 0.822. The second kappa shape index (κ2) is 8.16. The van der Waals surface area contributed by atoms with E-state index < -0.39 is 0 Å². The van der Waals surface area contributed by atoms with E-state index in [1.165, 1.54) is 57.4 Å². The highest BCUT2D eigenvalue weighted by Gasteiger charge is 2.27. The van der Waals surface area contributed by atoms with Crippen LogP contribution in [0.4, 0.5) is 0 Å². The van der Waals surface area contributed by atoms with Crippen LogP contribution in [0, 0.1) is 5.92 Å². The van der Waals surface area contributed by atoms with Gasteiger partial charge in [-0.3, -0.25) is 9.80 Å². The molecule has 3 nitrogen and oxygen atoms in total. The molecule has 1 aliphatic heterocycles. The number of ether oxygens (including phenoxy) is 1. The van der Waals surface area contributed by atoms with Crippen molar-refractivity contribution < 1.29 is 4.74 Å². The fourth-order valence-corrected chi connectivity index (χ4v) is 4.14. The van der Waals surface area contributed by atoms with Crippen LogP contribution in [0.5, 0.6) is 5.75 Å². The molecule has 1 aromatic rings. The number of nitrogens with zero attached hydrogens (tertiary/aromatic N) is 2. The van der Waals surface area contributed by atoms with Gasteiger partial charge in [-0.1, -0.05) is 31.9 Å². The number of piperazine rings is 1. The first-order valence-corrected chi connectivity index (χ1v) is 9.42. The lowest BCUT2D eigenvalue weighted by atomic mass is 9.86. The maximum absolute atomic E-state index is 5.52. The van der Waals surface area contributed by atoms with Crippen molar-refractivity contribution in [1.29, 1.82) is 0 Å². The first kappa shape index (κ1) is 16.8. The van der Waals surface area contributed by atoms with Crippen molar-refractivity contribution in [2.75, 3.05) is 32.8 Å². The zero-order valence-electron chi connectivity index (χ0n) is 14.8. The Balaban J connectivity index is 1.45. The van der Waals surface area contributed by atoms with E-state index in [1.54, 1.807) is 0 Å². The molecule has 2 fully saturated rings. The summed E-state index contributed by atoms with van der Waals surface area (Å²) in [6, 6.07) is 9.46. The topological polar surface area (TPSA) is 15.7 Å². The van der Waals surface area contributed by atoms with E-state index in [0.717, 1.165) is 30.9 Å². The Kier molecular flexibility index (Phi) is 5.96. The Morgan fingerprint density at radius 1 is 1.04 bits per heavy atom. The molecule has 3 rings (SSSR count). The van der Waals surface area contributed by atoms with Crippen LogP contribution in [0.1, 0.15) is 45.1 Å². The van der Waals surface area contributed by atoms with Crippen molar-refractivity contribution in [2.45, 2.75) is 52.1 Å². The summed E-state index contributed by atoms with van der Waals surface area (Å²) < 4.78 is 5.52. The third-order valence-corrected chi connectivity index (χ3v) is 5.47. The van der Waals surface area contributed by atoms with E-state index >= 15 is 0 Å². The van der Waals surface area contributed by atoms with Gasteiger partial charge < -0.3 is 4.74 Å². The van der Waals surface area contributed by atoms with E-state index in [2.05, 4.69) is 41.0 Å². The summed E-state index contributed by atoms with van der Waals surface area (Å²) in [6.45, 7) is 11.2. The lowest BCUT2D eigenvalue weighted by Gasteiger charge is -2.42. The van der Waals surface area contributed by atoms with Crippen molar-refractivity contribution in [2.24, 2.45) is 5.92 Å². The molecule has 0 radical (unpaired) electrons. The van der Waals surface area contributed by atoms with Crippen LogP contribution in [0.25, 0.3) is 0 Å². The van der Waals surface area contributed by atoms with Gasteiger partial charge in [0, 0.05) is 38.8 Å². The Morgan fingerprint density at radius 2 is 1.78 bits per heavy atom. The number of rotatable bonds is 5. The predicted molar refractivity (Wildman–Crippen MR) is 95.9 cm³/mol. The van der Waals surface area contributed by atoms with Gasteiger partial charge in [0.05, 0.1) is 6.61 Å². The summed E-state index contributed by atoms with van der Waals surface area (Å²) in [6.07, 6.45) is 5.70. The Morgan fingerprint density at radius 3 is 2.43 bits per heavy atom. The summed E-state index contributed by atoms with van der Waals surface area (Å²) in [7, 11) is 0. The van der Waals surface area contributed by atoms with Crippen LogP contribution >= 0.6 is 0 Å². The van der Waals surface area contributed by atoms with Gasteiger partial charge in [-0.15, -0.1) is 0 Å². The van der Waals surface area contributed by atoms with Crippen LogP contribution in [0.15, 0.2) is 24.3 Å². The standard InChI is InChI=1S/C20H32N2O/c1-3-23-20-9-7-18(8-10-20)16-21-11-13-22(14-12-21)19-6-4-5-17(2)15-19/h7-10,17,19H,3-6,11-16H2,1-2H3/t17-,19-/m1/s1. The Labute approximate surface area is 141 Å². The van der Waals surface area contributed by atoms with Crippen molar-refractivity contribution >= 4 is 0 Å². The summed E-state index contributed by atoms with van der Waals surface area (Å²) in [4.78, 5) is 5.35. The SMILES string of the molecule is CCOc1ccc(CN2CCN([C@@H]3CCC[C@@H](C)C3)CC2)cc1. The molecule has 0 unspecified atom stereocenters. The van der Waals surface area contributed by atoms with Crippen molar-refractivity contribution in [1.82, 2.24) is 9.80 Å². The molecule has 1 heterocycles. The largest absolute Gasteiger partial charge is 0.494 e. The first-order chi connectivity index (χ1) is 11.2. The second-order valence-electron chi connectivity index (χ2n) is 7.31. The highest BCUT2D eigenvalue weighted by Crippen LogP contribution is 2.28. The summed E-state index contributed by atoms with van der Waals surface area (Å²) in [5.41, 5.74) is 1.40. The van der Waals surface area contributed by atoms with Crippen molar-refractivity contribution in [3.8, 4) is 5.75 Å². The van der Waals surface area contributed by atoms with Crippen LogP contribution in [0.3, 0.4) is 0 Å². The minimum Gasteiger partial charge on any atom is -0.494 e. The number of hydrogen-bond acceptors (Lipinski definition) is 3. The zero-order chi connectivity index (χ0) is 16.1. The fraction of sp³-hybridized carbons (Fsp3) is 0.700. The lowest BCUT2D eigenvalue weighted by molar-refractivity contribution is 0.0659. The molecule has 0 amide bonds. The minimum absolute atomic E-state index is 0.737. The molecule has 23 heavy (non-hydrogen) atoms. The first-order valence-electron chi connectivity index (χ1n) is 9.42. The zero-order valence-corrected chi connectivity index (χ0v) is 14.8. The molecule has 0 bridgehead atoms. The van der Waals surface area contributed by atoms with E-state index in [9.17, 15) is 0 Å². The van der Waals surface area contributed by atoms with Gasteiger partial charge in [-0.2, -0.15) is 0 Å². The third-order valence-electron chi connectivity index (χ3n) is 5.47. The van der Waals surface area contributed by atoms with Crippen LogP contribution in [-0.2, 0) is 6.54 Å². The van der Waals surface area contributed by atoms with E-state index in [1.807, 2.05) is 6.92 Å². The number of hydrogen-bond donors (Lipinski definition) is 0. The van der Waals surface area contributed by atoms with E-state index in [4.69, 9.17) is 4.74 Å². The van der Waals surface area contributed by atoms with Gasteiger partial charge in [0.25, 0.3) is 0 Å². The van der Waals surface area contributed by atoms with Crippen LogP contribution in [0.2, 0.25) is 0 Å². The molecular formula is C20H32N2O. The van der Waals surface area contributed by atoms with Crippen molar-refractivity contribution in [3.63, 3.8) is 0 Å². The smallest absolute Gasteiger partial charge is 0.119 e. The number of benzene rings is 1. The minimum atomic E-state index is 0.737. The van der Waals surface area contributed by atoms with Gasteiger partial charge in [0.2, 0.25) is 0 Å². The normalized spacial score (nSPS) is 27.0. The summed E-state index contributed by atoms with van der Waals surface area (Å²) in [5.74, 6) is 1.91. The molecule has 0 spiro atoms. The van der Waals surface area contributed by atoms with Gasteiger partial charge in [0.1, 0.15) is 5.75 Å². The third kappa shape index (κ3) is 4.71. The predicted octanol–water partition coefficient (Wildman–Crippen LogP) is 3.78. The van der Waals surface area contributed by atoms with Crippen LogP contribution < -0.4 is 4.74 Å². The average molecular weight is 316 g/mol. The van der Waals surface area contributed by atoms with Crippen LogP contribution in [-0.4, -0.2) is 48.6 Å². The second-order valence-corrected chi connectivity index (χ2v) is 7.31. The molecule has 3 heteroatoms. The maximum Gasteiger partial charge on any atom is 0.119 e. The maximum atomic E-state index is 5.52. The van der Waals surface area contributed by atoms with E-state index in [-0.39, 0.29) is 0 Å². The monoisotopic (exact) mass is 316 g/mol. The molecule has 2 atom stereocenters. The molecule has 2 aliphatic rings. The molecule has 1 aromatic carbocycles. The highest BCUT2D eigenvalue weighted by atomic mass is 16.5. The molecule has 128 valence electrons. The molecular weight excluding hydrogens is 284 g/mol. The Bertz CT molecular complexity index is 465. The molecule has 1 aliphatic carbocycles. The molecule has 0 aromatic heterocycles. The highest BCUT2D eigenvalue weighted by molar-refractivity contribution is 5.27. The molecule has 1 saturated heterocycles. The van der Waals surface area contributed by atoms with E-state index in [0.29, 0.717) is 0 Å². The van der Waals surface area contributed by atoms with Gasteiger partial charge in [-0.25, -0.2) is 0 Å². The average Bonchev–Trinajstić information content (AvgIpc) is 2.58. The summed E-state index contributed by atoms with van der Waals surface area (Å²) >= 11 is 0. The summed E-state index contributed by atoms with van der Waals surface area (Å²) in [5, 5.41) is 0. The molecule has 1 saturated carbocycles. The van der Waals surface area contributed by atoms with Crippen molar-refractivity contribution in [3.05, 3.63) is 29.8 Å². The lowest BCUT2D eigenvalue weighted by Crippen LogP contribution is -2.50. The fourth-order valence-electron chi connectivity index (χ4n) is 4.14. The van der Waals surface area contributed by atoms with Gasteiger partial charge >= 0.3 is 0 Å². The van der Waals surface area contributed by atoms with Gasteiger partial charge in [-0.05, 0) is 43.4 Å². The van der Waals surface area contributed by atoms with Gasteiger partial charge in [0.15, 0.2) is 0 Å². The molecule has 0 N–H and O–H groups in total.